The number of benzene rings is 2. The molecule has 0 aliphatic rings. The van der Waals surface area contributed by atoms with E-state index in [0.29, 0.717) is 18.5 Å². The number of hydrogen-bond donors (Lipinski definition) is 3. The van der Waals surface area contributed by atoms with Crippen molar-refractivity contribution in [3.8, 4) is 0 Å². The van der Waals surface area contributed by atoms with Crippen LogP contribution in [0.2, 0.25) is 0 Å². The number of carbonyl (C=O) groups is 1. The molecule has 2 amide bonds. The van der Waals surface area contributed by atoms with Gasteiger partial charge in [-0.2, -0.15) is 0 Å². The number of non-ortho nitro benzene ring substituents is 1. The Hall–Kier alpha value is -2.93. The highest BCUT2D eigenvalue weighted by atomic mass is 16.6. The van der Waals surface area contributed by atoms with E-state index in [2.05, 4.69) is 10.6 Å². The zero-order valence-electron chi connectivity index (χ0n) is 13.1. The van der Waals surface area contributed by atoms with Crippen LogP contribution in [0.5, 0.6) is 0 Å². The molecule has 3 N–H and O–H groups in total. The van der Waals surface area contributed by atoms with Gasteiger partial charge in [0.25, 0.3) is 5.69 Å². The maximum atomic E-state index is 11.7. The molecule has 0 aliphatic carbocycles. The quantitative estimate of drug-likeness (QED) is 0.534. The van der Waals surface area contributed by atoms with E-state index < -0.39 is 4.92 Å². The lowest BCUT2D eigenvalue weighted by molar-refractivity contribution is -0.384. The molecular weight excluding hydrogens is 310 g/mol. The van der Waals surface area contributed by atoms with E-state index in [1.165, 1.54) is 12.1 Å². The maximum Gasteiger partial charge on any atom is 0.315 e. The molecule has 2 rings (SSSR count). The summed E-state index contributed by atoms with van der Waals surface area (Å²) in [5.41, 5.74) is 2.58. The van der Waals surface area contributed by atoms with Gasteiger partial charge in [0.05, 0.1) is 11.5 Å². The normalized spacial score (nSPS) is 10.2. The number of nitro groups is 1. The summed E-state index contributed by atoms with van der Waals surface area (Å²) in [4.78, 5) is 22.0. The first-order valence-corrected chi connectivity index (χ1v) is 7.52. The standard InChI is InChI=1S/C17H19N3O4/c21-12-14-6-4-13(5-7-14)8-9-18-17(22)19-11-15-2-1-3-16(10-15)20(23)24/h1-7,10,21H,8-9,11-12H2,(H2,18,19,22). The third kappa shape index (κ3) is 5.36. The van der Waals surface area contributed by atoms with Crippen LogP contribution in [-0.4, -0.2) is 22.6 Å². The lowest BCUT2D eigenvalue weighted by Gasteiger charge is -2.08. The molecule has 0 fully saturated rings. The lowest BCUT2D eigenvalue weighted by Crippen LogP contribution is -2.36. The molecule has 2 aromatic carbocycles. The number of rotatable bonds is 7. The smallest absolute Gasteiger partial charge is 0.315 e. The second-order valence-corrected chi connectivity index (χ2v) is 5.26. The van der Waals surface area contributed by atoms with Gasteiger partial charge in [0.1, 0.15) is 0 Å². The van der Waals surface area contributed by atoms with Crippen molar-refractivity contribution in [3.05, 3.63) is 75.3 Å². The molecule has 7 heteroatoms. The molecule has 0 heterocycles. The first-order chi connectivity index (χ1) is 11.6. The first-order valence-electron chi connectivity index (χ1n) is 7.52. The molecule has 126 valence electrons. The van der Waals surface area contributed by atoms with Crippen LogP contribution < -0.4 is 10.6 Å². The summed E-state index contributed by atoms with van der Waals surface area (Å²) in [6, 6.07) is 13.3. The number of nitrogens with zero attached hydrogens (tertiary/aromatic N) is 1. The van der Waals surface area contributed by atoms with E-state index in [9.17, 15) is 14.9 Å². The van der Waals surface area contributed by atoms with Gasteiger partial charge >= 0.3 is 6.03 Å². The van der Waals surface area contributed by atoms with Crippen LogP contribution >= 0.6 is 0 Å². The SMILES string of the molecule is O=C(NCCc1ccc(CO)cc1)NCc1cccc([N+](=O)[O-])c1. The van der Waals surface area contributed by atoms with Crippen molar-refractivity contribution in [1.29, 1.82) is 0 Å². The molecule has 24 heavy (non-hydrogen) atoms. The highest BCUT2D eigenvalue weighted by Gasteiger charge is 2.06. The minimum absolute atomic E-state index is 0.000958. The molecule has 0 aromatic heterocycles. The van der Waals surface area contributed by atoms with Gasteiger partial charge in [-0.25, -0.2) is 4.79 Å². The monoisotopic (exact) mass is 329 g/mol. The molecule has 0 radical (unpaired) electrons. The topological polar surface area (TPSA) is 104 Å². The highest BCUT2D eigenvalue weighted by Crippen LogP contribution is 2.12. The molecule has 0 atom stereocenters. The van der Waals surface area contributed by atoms with Crippen molar-refractivity contribution < 1.29 is 14.8 Å². The Morgan fingerprint density at radius 2 is 1.75 bits per heavy atom. The van der Waals surface area contributed by atoms with Gasteiger partial charge in [0, 0.05) is 25.2 Å². The number of hydrogen-bond acceptors (Lipinski definition) is 4. The number of nitrogens with one attached hydrogen (secondary N) is 2. The molecule has 0 saturated carbocycles. The van der Waals surface area contributed by atoms with E-state index in [1.807, 2.05) is 24.3 Å². The fourth-order valence-corrected chi connectivity index (χ4v) is 2.16. The van der Waals surface area contributed by atoms with E-state index >= 15 is 0 Å². The van der Waals surface area contributed by atoms with Crippen LogP contribution in [0.15, 0.2) is 48.5 Å². The Morgan fingerprint density at radius 1 is 1.04 bits per heavy atom. The van der Waals surface area contributed by atoms with E-state index in [-0.39, 0.29) is 24.9 Å². The largest absolute Gasteiger partial charge is 0.392 e. The number of urea groups is 1. The van der Waals surface area contributed by atoms with E-state index in [0.717, 1.165) is 11.1 Å². The Labute approximate surface area is 139 Å². The number of nitro benzene ring substituents is 1. The molecule has 2 aromatic rings. The minimum Gasteiger partial charge on any atom is -0.392 e. The van der Waals surface area contributed by atoms with Crippen LogP contribution in [0.25, 0.3) is 0 Å². The number of aliphatic hydroxyl groups excluding tert-OH is 1. The molecule has 7 nitrogen and oxygen atoms in total. The van der Waals surface area contributed by atoms with Crippen LogP contribution in [0.1, 0.15) is 16.7 Å². The van der Waals surface area contributed by atoms with Crippen molar-refractivity contribution in [3.63, 3.8) is 0 Å². The van der Waals surface area contributed by atoms with Gasteiger partial charge in [-0.15, -0.1) is 0 Å². The average molecular weight is 329 g/mol. The molecule has 0 unspecified atom stereocenters. The maximum absolute atomic E-state index is 11.7. The Morgan fingerprint density at radius 3 is 2.42 bits per heavy atom. The molecule has 0 bridgehead atoms. The van der Waals surface area contributed by atoms with Crippen LogP contribution in [0.3, 0.4) is 0 Å². The molecule has 0 spiro atoms. The summed E-state index contributed by atoms with van der Waals surface area (Å²) in [5, 5.41) is 25.1. The second-order valence-electron chi connectivity index (χ2n) is 5.26. The molecular formula is C17H19N3O4. The fourth-order valence-electron chi connectivity index (χ4n) is 2.16. The van der Waals surface area contributed by atoms with Crippen LogP contribution in [0, 0.1) is 10.1 Å². The average Bonchev–Trinajstić information content (AvgIpc) is 2.61. The Kier molecular flexibility index (Phi) is 6.27. The summed E-state index contributed by atoms with van der Waals surface area (Å²) in [5.74, 6) is 0. The second kappa shape index (κ2) is 8.64. The summed E-state index contributed by atoms with van der Waals surface area (Å²) < 4.78 is 0. The van der Waals surface area contributed by atoms with Crippen molar-refractivity contribution in [2.24, 2.45) is 0 Å². The highest BCUT2D eigenvalue weighted by molar-refractivity contribution is 5.73. The van der Waals surface area contributed by atoms with Gasteiger partial charge in [-0.05, 0) is 23.1 Å². The van der Waals surface area contributed by atoms with Crippen molar-refractivity contribution in [2.45, 2.75) is 19.6 Å². The van der Waals surface area contributed by atoms with Gasteiger partial charge in [-0.1, -0.05) is 36.4 Å². The molecule has 0 saturated heterocycles. The third-order valence-corrected chi connectivity index (χ3v) is 3.48. The minimum atomic E-state index is -0.467. The number of amides is 2. The predicted octanol–water partition coefficient (Wildman–Crippen LogP) is 2.13. The first kappa shape index (κ1) is 17.4. The van der Waals surface area contributed by atoms with E-state index in [1.54, 1.807) is 12.1 Å². The number of aliphatic hydroxyl groups is 1. The van der Waals surface area contributed by atoms with Gasteiger partial charge in [-0.3, -0.25) is 10.1 Å². The zero-order chi connectivity index (χ0) is 17.4. The van der Waals surface area contributed by atoms with Crippen LogP contribution in [0.4, 0.5) is 10.5 Å². The molecule has 0 aliphatic heterocycles. The van der Waals surface area contributed by atoms with Crippen molar-refractivity contribution in [1.82, 2.24) is 10.6 Å². The predicted molar refractivity (Wildman–Crippen MR) is 89.4 cm³/mol. The van der Waals surface area contributed by atoms with Gasteiger partial charge < -0.3 is 15.7 Å². The van der Waals surface area contributed by atoms with Crippen LogP contribution in [-0.2, 0) is 19.6 Å². The van der Waals surface area contributed by atoms with Gasteiger partial charge in [0.15, 0.2) is 0 Å². The summed E-state index contributed by atoms with van der Waals surface area (Å²) >= 11 is 0. The Balaban J connectivity index is 1.73. The third-order valence-electron chi connectivity index (χ3n) is 3.48. The number of carbonyl (C=O) groups excluding carboxylic acids is 1. The summed E-state index contributed by atoms with van der Waals surface area (Å²) in [6.07, 6.45) is 0.677. The fraction of sp³-hybridized carbons (Fsp3) is 0.235. The summed E-state index contributed by atoms with van der Waals surface area (Å²) in [7, 11) is 0. The van der Waals surface area contributed by atoms with E-state index in [4.69, 9.17) is 5.11 Å². The Bertz CT molecular complexity index is 701. The van der Waals surface area contributed by atoms with Crippen molar-refractivity contribution in [2.75, 3.05) is 6.54 Å². The lowest BCUT2D eigenvalue weighted by atomic mass is 10.1. The van der Waals surface area contributed by atoms with Crippen molar-refractivity contribution >= 4 is 11.7 Å². The summed E-state index contributed by atoms with van der Waals surface area (Å²) in [6.45, 7) is 0.705. The van der Waals surface area contributed by atoms with Gasteiger partial charge in [0.2, 0.25) is 0 Å². The zero-order valence-corrected chi connectivity index (χ0v) is 13.1.